The molecule has 11 heteroatoms. The molecule has 3 rings (SSSR count). The van der Waals surface area contributed by atoms with E-state index in [4.69, 9.17) is 9.47 Å². The Morgan fingerprint density at radius 2 is 1.73 bits per heavy atom. The maximum absolute atomic E-state index is 12.3. The van der Waals surface area contributed by atoms with Crippen molar-refractivity contribution in [3.63, 3.8) is 0 Å². The first-order valence-corrected chi connectivity index (χ1v) is 10.4. The molecule has 0 aliphatic carbocycles. The fourth-order valence-electron chi connectivity index (χ4n) is 3.41. The van der Waals surface area contributed by atoms with Crippen molar-refractivity contribution >= 4 is 11.9 Å². The molecule has 2 heterocycles. The summed E-state index contributed by atoms with van der Waals surface area (Å²) in [7, 11) is 2.71. The van der Waals surface area contributed by atoms with Gasteiger partial charge in [0.05, 0.1) is 44.3 Å². The smallest absolute Gasteiger partial charge is 0.327 e. The minimum absolute atomic E-state index is 0.0151. The van der Waals surface area contributed by atoms with Crippen LogP contribution in [0.3, 0.4) is 0 Å². The molecule has 1 atom stereocenters. The summed E-state index contributed by atoms with van der Waals surface area (Å²) in [6.07, 6.45) is 3.93. The quantitative estimate of drug-likeness (QED) is 0.398. The lowest BCUT2D eigenvalue weighted by atomic mass is 9.78. The average Bonchev–Trinajstić information content (AvgIpc) is 3.47. The Labute approximate surface area is 191 Å². The Bertz CT molecular complexity index is 1060. The SMILES string of the molecule is COC(=O)Cn1cc(COCn2cc(C(CC(C)(C)C(=O)OC)c3ccccc3)nn2)nn1. The summed E-state index contributed by atoms with van der Waals surface area (Å²) in [4.78, 5) is 23.6. The molecule has 0 spiro atoms. The van der Waals surface area contributed by atoms with E-state index in [0.29, 0.717) is 12.1 Å². The second-order valence-electron chi connectivity index (χ2n) is 8.19. The van der Waals surface area contributed by atoms with Crippen molar-refractivity contribution in [2.45, 2.75) is 46.1 Å². The number of aromatic nitrogens is 6. The Kier molecular flexibility index (Phi) is 7.88. The van der Waals surface area contributed by atoms with Crippen molar-refractivity contribution in [3.05, 3.63) is 59.7 Å². The zero-order valence-electron chi connectivity index (χ0n) is 19.2. The maximum Gasteiger partial charge on any atom is 0.327 e. The lowest BCUT2D eigenvalue weighted by Gasteiger charge is -2.26. The number of ether oxygens (including phenoxy) is 3. The lowest BCUT2D eigenvalue weighted by molar-refractivity contribution is -0.151. The second-order valence-corrected chi connectivity index (χ2v) is 8.19. The van der Waals surface area contributed by atoms with Crippen LogP contribution >= 0.6 is 0 Å². The summed E-state index contributed by atoms with van der Waals surface area (Å²) in [5, 5.41) is 16.3. The first kappa shape index (κ1) is 24.1. The predicted octanol–water partition coefficient (Wildman–Crippen LogP) is 1.94. The average molecular weight is 457 g/mol. The molecule has 2 aromatic heterocycles. The van der Waals surface area contributed by atoms with E-state index in [1.807, 2.05) is 44.2 Å². The number of hydrogen-bond acceptors (Lipinski definition) is 9. The minimum atomic E-state index is -0.703. The van der Waals surface area contributed by atoms with E-state index in [-0.39, 0.29) is 31.8 Å². The van der Waals surface area contributed by atoms with Gasteiger partial charge in [-0.1, -0.05) is 40.8 Å². The Morgan fingerprint density at radius 1 is 1.00 bits per heavy atom. The van der Waals surface area contributed by atoms with Crippen LogP contribution in [0.5, 0.6) is 0 Å². The largest absolute Gasteiger partial charge is 0.469 e. The van der Waals surface area contributed by atoms with Crippen molar-refractivity contribution in [2.75, 3.05) is 14.2 Å². The van der Waals surface area contributed by atoms with Gasteiger partial charge in [-0.25, -0.2) is 9.36 Å². The van der Waals surface area contributed by atoms with Crippen molar-refractivity contribution in [1.82, 2.24) is 30.0 Å². The van der Waals surface area contributed by atoms with Crippen LogP contribution in [0.15, 0.2) is 42.7 Å². The zero-order chi connectivity index (χ0) is 23.8. The van der Waals surface area contributed by atoms with Gasteiger partial charge in [0.1, 0.15) is 19.0 Å². The molecule has 0 aliphatic heterocycles. The molecule has 33 heavy (non-hydrogen) atoms. The summed E-state index contributed by atoms with van der Waals surface area (Å²) in [6.45, 7) is 4.04. The van der Waals surface area contributed by atoms with E-state index in [2.05, 4.69) is 25.4 Å². The molecular weight excluding hydrogens is 428 g/mol. The first-order valence-electron chi connectivity index (χ1n) is 10.4. The highest BCUT2D eigenvalue weighted by atomic mass is 16.5. The molecule has 0 aliphatic rings. The van der Waals surface area contributed by atoms with Gasteiger partial charge in [-0.05, 0) is 25.8 Å². The first-order chi connectivity index (χ1) is 15.8. The van der Waals surface area contributed by atoms with E-state index < -0.39 is 11.4 Å². The van der Waals surface area contributed by atoms with Crippen molar-refractivity contribution in [1.29, 1.82) is 0 Å². The van der Waals surface area contributed by atoms with Crippen LogP contribution in [-0.2, 0) is 43.7 Å². The summed E-state index contributed by atoms with van der Waals surface area (Å²) in [5.41, 5.74) is 1.63. The molecular formula is C22H28N6O5. The van der Waals surface area contributed by atoms with Gasteiger partial charge in [-0.3, -0.25) is 9.59 Å². The zero-order valence-corrected chi connectivity index (χ0v) is 19.2. The van der Waals surface area contributed by atoms with Crippen LogP contribution in [-0.4, -0.2) is 56.1 Å². The van der Waals surface area contributed by atoms with E-state index in [9.17, 15) is 9.59 Å². The number of benzene rings is 1. The van der Waals surface area contributed by atoms with Crippen LogP contribution < -0.4 is 0 Å². The molecule has 0 amide bonds. The van der Waals surface area contributed by atoms with E-state index in [1.54, 1.807) is 17.1 Å². The topological polar surface area (TPSA) is 123 Å². The maximum atomic E-state index is 12.3. The molecule has 1 aromatic carbocycles. The summed E-state index contributed by atoms with van der Waals surface area (Å²) >= 11 is 0. The molecule has 1 unspecified atom stereocenters. The third-order valence-electron chi connectivity index (χ3n) is 5.15. The fourth-order valence-corrected chi connectivity index (χ4v) is 3.41. The summed E-state index contributed by atoms with van der Waals surface area (Å²) in [5.74, 6) is -0.836. The highest BCUT2D eigenvalue weighted by Crippen LogP contribution is 2.36. The van der Waals surface area contributed by atoms with Gasteiger partial charge < -0.3 is 14.2 Å². The van der Waals surface area contributed by atoms with E-state index in [1.165, 1.54) is 18.9 Å². The summed E-state index contributed by atoms with van der Waals surface area (Å²) in [6, 6.07) is 9.86. The Morgan fingerprint density at radius 3 is 2.42 bits per heavy atom. The van der Waals surface area contributed by atoms with Crippen LogP contribution in [0.4, 0.5) is 0 Å². The van der Waals surface area contributed by atoms with Crippen LogP contribution in [0, 0.1) is 5.41 Å². The standard InChI is InChI=1S/C22H28N6O5/c1-22(2,21(30)32-4)10-18(16-8-6-5-7-9-16)19-12-28(26-24-19)15-33-14-17-11-27(25-23-17)13-20(29)31-3/h5-9,11-12,18H,10,13-15H2,1-4H3. The highest BCUT2D eigenvalue weighted by Gasteiger charge is 2.34. The van der Waals surface area contributed by atoms with Gasteiger partial charge in [0.25, 0.3) is 0 Å². The predicted molar refractivity (Wildman–Crippen MR) is 116 cm³/mol. The van der Waals surface area contributed by atoms with Gasteiger partial charge in [0.15, 0.2) is 0 Å². The number of methoxy groups -OCH3 is 2. The normalized spacial score (nSPS) is 12.4. The number of carbonyl (C=O) groups excluding carboxylic acids is 2. The molecule has 3 aromatic rings. The van der Waals surface area contributed by atoms with Crippen LogP contribution in [0.1, 0.15) is 43.1 Å². The third-order valence-corrected chi connectivity index (χ3v) is 5.15. The van der Waals surface area contributed by atoms with E-state index in [0.717, 1.165) is 11.3 Å². The van der Waals surface area contributed by atoms with Gasteiger partial charge in [-0.2, -0.15) is 0 Å². The minimum Gasteiger partial charge on any atom is -0.469 e. The third kappa shape index (κ3) is 6.45. The molecule has 0 bridgehead atoms. The molecule has 0 saturated heterocycles. The number of nitrogens with zero attached hydrogens (tertiary/aromatic N) is 6. The fraction of sp³-hybridized carbons (Fsp3) is 0.455. The number of esters is 2. The van der Waals surface area contributed by atoms with Gasteiger partial charge in [0.2, 0.25) is 0 Å². The monoisotopic (exact) mass is 456 g/mol. The Balaban J connectivity index is 1.65. The molecule has 0 N–H and O–H groups in total. The lowest BCUT2D eigenvalue weighted by Crippen LogP contribution is -2.28. The van der Waals surface area contributed by atoms with Gasteiger partial charge >= 0.3 is 11.9 Å². The van der Waals surface area contributed by atoms with Gasteiger partial charge in [0, 0.05) is 5.92 Å². The van der Waals surface area contributed by atoms with Crippen molar-refractivity contribution < 1.29 is 23.8 Å². The highest BCUT2D eigenvalue weighted by molar-refractivity contribution is 5.76. The molecule has 0 fully saturated rings. The van der Waals surface area contributed by atoms with Crippen molar-refractivity contribution in [3.8, 4) is 0 Å². The molecule has 0 saturated carbocycles. The van der Waals surface area contributed by atoms with Crippen LogP contribution in [0.25, 0.3) is 0 Å². The second kappa shape index (κ2) is 10.8. The summed E-state index contributed by atoms with van der Waals surface area (Å²) < 4.78 is 18.2. The van der Waals surface area contributed by atoms with Crippen molar-refractivity contribution in [2.24, 2.45) is 5.41 Å². The van der Waals surface area contributed by atoms with E-state index >= 15 is 0 Å². The molecule has 176 valence electrons. The Hall–Kier alpha value is -3.60. The van der Waals surface area contributed by atoms with Gasteiger partial charge in [-0.15, -0.1) is 10.2 Å². The van der Waals surface area contributed by atoms with Crippen LogP contribution in [0.2, 0.25) is 0 Å². The molecule has 0 radical (unpaired) electrons. The number of hydrogen-bond donors (Lipinski definition) is 0. The number of rotatable bonds is 11. The molecule has 11 nitrogen and oxygen atoms in total. The number of carbonyl (C=O) groups is 2.